The van der Waals surface area contributed by atoms with Gasteiger partial charge in [-0.3, -0.25) is 14.2 Å². The molecule has 0 unspecified atom stereocenters. The van der Waals surface area contributed by atoms with Gasteiger partial charge in [0.1, 0.15) is 11.4 Å². The van der Waals surface area contributed by atoms with E-state index in [1.165, 1.54) is 22.2 Å². The number of hydrogen-bond donors (Lipinski definition) is 1. The summed E-state index contributed by atoms with van der Waals surface area (Å²) >= 11 is 4.90. The summed E-state index contributed by atoms with van der Waals surface area (Å²) in [4.78, 5) is 44.1. The normalized spacial score (nSPS) is 10.9. The van der Waals surface area contributed by atoms with Gasteiger partial charge in [-0.1, -0.05) is 41.4 Å². The number of unbranched alkanes of at least 4 members (excludes halogenated alkanes) is 1. The third-order valence-electron chi connectivity index (χ3n) is 5.44. The van der Waals surface area contributed by atoms with E-state index < -0.39 is 5.97 Å². The molecule has 35 heavy (non-hydrogen) atoms. The highest BCUT2D eigenvalue weighted by molar-refractivity contribution is 9.10. The Kier molecular flexibility index (Phi) is 7.77. The van der Waals surface area contributed by atoms with Crippen molar-refractivity contribution in [2.24, 2.45) is 0 Å². The molecular formula is C26H24BrN3O4S. The number of benzene rings is 2. The van der Waals surface area contributed by atoms with Crippen LogP contribution in [0.1, 0.15) is 35.0 Å². The molecular weight excluding hydrogens is 530 g/mol. The Labute approximate surface area is 214 Å². The second kappa shape index (κ2) is 11.0. The highest BCUT2D eigenvalue weighted by Crippen LogP contribution is 2.35. The predicted octanol–water partition coefficient (Wildman–Crippen LogP) is 5.79. The van der Waals surface area contributed by atoms with Crippen LogP contribution in [0.5, 0.6) is 0 Å². The molecule has 0 spiro atoms. The monoisotopic (exact) mass is 553 g/mol. The summed E-state index contributed by atoms with van der Waals surface area (Å²) in [5.41, 5.74) is 2.43. The van der Waals surface area contributed by atoms with Gasteiger partial charge in [0.05, 0.1) is 23.9 Å². The number of anilines is 1. The lowest BCUT2D eigenvalue weighted by molar-refractivity contribution is -0.116. The molecule has 2 aromatic heterocycles. The van der Waals surface area contributed by atoms with E-state index in [1.54, 1.807) is 24.3 Å². The zero-order valence-electron chi connectivity index (χ0n) is 19.3. The first kappa shape index (κ1) is 24.8. The smallest absolute Gasteiger partial charge is 0.338 e. The van der Waals surface area contributed by atoms with Crippen LogP contribution in [0.3, 0.4) is 0 Å². The molecule has 0 saturated heterocycles. The van der Waals surface area contributed by atoms with Crippen LogP contribution in [0.25, 0.3) is 21.3 Å². The SMILES string of the molecule is CCCCOC(=O)c1ccc(NC(=O)Cn2cnc3sc(C)c(-c4ccc(Br)cc4)c3c2=O)cc1. The number of aromatic nitrogens is 2. The lowest BCUT2D eigenvalue weighted by atomic mass is 10.0. The van der Waals surface area contributed by atoms with Crippen molar-refractivity contribution in [2.45, 2.75) is 33.2 Å². The van der Waals surface area contributed by atoms with Gasteiger partial charge in [0.15, 0.2) is 0 Å². The quantitative estimate of drug-likeness (QED) is 0.220. The zero-order chi connectivity index (χ0) is 24.9. The largest absolute Gasteiger partial charge is 0.462 e. The maximum atomic E-state index is 13.3. The van der Waals surface area contributed by atoms with Gasteiger partial charge in [-0.15, -0.1) is 11.3 Å². The van der Waals surface area contributed by atoms with E-state index in [9.17, 15) is 14.4 Å². The van der Waals surface area contributed by atoms with E-state index in [0.717, 1.165) is 33.3 Å². The minimum Gasteiger partial charge on any atom is -0.462 e. The van der Waals surface area contributed by atoms with Gasteiger partial charge >= 0.3 is 5.97 Å². The van der Waals surface area contributed by atoms with Crippen LogP contribution in [-0.4, -0.2) is 28.0 Å². The number of hydrogen-bond acceptors (Lipinski definition) is 6. The summed E-state index contributed by atoms with van der Waals surface area (Å²) in [6.45, 7) is 4.19. The van der Waals surface area contributed by atoms with Crippen molar-refractivity contribution in [3.8, 4) is 11.1 Å². The molecule has 0 aliphatic heterocycles. The highest BCUT2D eigenvalue weighted by Gasteiger charge is 2.18. The van der Waals surface area contributed by atoms with Crippen molar-refractivity contribution in [1.29, 1.82) is 0 Å². The number of amides is 1. The Morgan fingerprint density at radius 3 is 2.51 bits per heavy atom. The Morgan fingerprint density at radius 2 is 1.83 bits per heavy atom. The number of carbonyl (C=O) groups is 2. The molecule has 9 heteroatoms. The van der Waals surface area contributed by atoms with Gasteiger partial charge in [0.2, 0.25) is 5.91 Å². The number of nitrogens with zero attached hydrogens (tertiary/aromatic N) is 2. The Bertz CT molecular complexity index is 1430. The molecule has 1 N–H and O–H groups in total. The number of ether oxygens (including phenoxy) is 1. The number of aryl methyl sites for hydroxylation is 1. The van der Waals surface area contributed by atoms with Crippen LogP contribution in [0, 0.1) is 6.92 Å². The summed E-state index contributed by atoms with van der Waals surface area (Å²) in [6, 6.07) is 14.2. The average molecular weight is 554 g/mol. The maximum Gasteiger partial charge on any atom is 0.338 e. The fraction of sp³-hybridized carbons (Fsp3) is 0.231. The van der Waals surface area contributed by atoms with Crippen LogP contribution in [0.2, 0.25) is 0 Å². The average Bonchev–Trinajstić information content (AvgIpc) is 3.18. The van der Waals surface area contributed by atoms with E-state index in [1.807, 2.05) is 38.1 Å². The number of carbonyl (C=O) groups excluding carboxylic acids is 2. The van der Waals surface area contributed by atoms with Gasteiger partial charge in [-0.25, -0.2) is 9.78 Å². The third kappa shape index (κ3) is 5.68. The van der Waals surface area contributed by atoms with E-state index in [0.29, 0.717) is 28.1 Å². The second-order valence-corrected chi connectivity index (χ2v) is 10.1. The number of fused-ring (bicyclic) bond motifs is 1. The molecule has 0 atom stereocenters. The molecule has 2 heterocycles. The summed E-state index contributed by atoms with van der Waals surface area (Å²) in [5, 5.41) is 3.27. The van der Waals surface area contributed by atoms with Crippen LogP contribution in [0.4, 0.5) is 5.69 Å². The molecule has 0 bridgehead atoms. The van der Waals surface area contributed by atoms with E-state index >= 15 is 0 Å². The minimum absolute atomic E-state index is 0.183. The highest BCUT2D eigenvalue weighted by atomic mass is 79.9. The van der Waals surface area contributed by atoms with E-state index in [-0.39, 0.29) is 18.0 Å². The van der Waals surface area contributed by atoms with E-state index in [4.69, 9.17) is 4.74 Å². The molecule has 4 rings (SSSR count). The van der Waals surface area contributed by atoms with Crippen molar-refractivity contribution < 1.29 is 14.3 Å². The van der Waals surface area contributed by atoms with Crippen molar-refractivity contribution in [2.75, 3.05) is 11.9 Å². The summed E-state index contributed by atoms with van der Waals surface area (Å²) in [5.74, 6) is -0.765. The molecule has 180 valence electrons. The van der Waals surface area contributed by atoms with Gasteiger partial charge in [-0.05, 0) is 55.3 Å². The van der Waals surface area contributed by atoms with E-state index in [2.05, 4.69) is 26.2 Å². The van der Waals surface area contributed by atoms with Crippen LogP contribution >= 0.6 is 27.3 Å². The first-order valence-electron chi connectivity index (χ1n) is 11.2. The standard InChI is InChI=1S/C26H24BrN3O4S/c1-3-4-13-34-26(33)18-7-11-20(12-8-18)29-21(31)14-30-15-28-24-23(25(30)32)22(16(2)35-24)17-5-9-19(27)10-6-17/h5-12,15H,3-4,13-14H2,1-2H3,(H,29,31). The summed E-state index contributed by atoms with van der Waals surface area (Å²) in [6.07, 6.45) is 3.16. The van der Waals surface area contributed by atoms with Gasteiger partial charge in [-0.2, -0.15) is 0 Å². The lowest BCUT2D eigenvalue weighted by Gasteiger charge is -2.09. The molecule has 0 aliphatic carbocycles. The number of nitrogens with one attached hydrogen (secondary N) is 1. The van der Waals surface area contributed by atoms with Crippen LogP contribution < -0.4 is 10.9 Å². The number of thiophene rings is 1. The van der Waals surface area contributed by atoms with Crippen molar-refractivity contribution >= 4 is 55.0 Å². The van der Waals surface area contributed by atoms with Crippen LogP contribution in [-0.2, 0) is 16.1 Å². The molecule has 0 radical (unpaired) electrons. The first-order valence-corrected chi connectivity index (χ1v) is 12.8. The van der Waals surface area contributed by atoms with Gasteiger partial charge in [0.25, 0.3) is 5.56 Å². The Hall–Kier alpha value is -3.30. The van der Waals surface area contributed by atoms with Crippen LogP contribution in [0.15, 0.2) is 64.1 Å². The molecule has 0 fully saturated rings. The maximum absolute atomic E-state index is 13.3. The second-order valence-electron chi connectivity index (χ2n) is 8.01. The predicted molar refractivity (Wildman–Crippen MR) is 142 cm³/mol. The van der Waals surface area contributed by atoms with Gasteiger partial charge in [0, 0.05) is 20.6 Å². The first-order chi connectivity index (χ1) is 16.9. The number of esters is 1. The molecule has 0 aliphatic rings. The molecule has 0 saturated carbocycles. The Balaban J connectivity index is 1.51. The zero-order valence-corrected chi connectivity index (χ0v) is 21.7. The number of halogens is 1. The van der Waals surface area contributed by atoms with Crippen molar-refractivity contribution in [1.82, 2.24) is 9.55 Å². The minimum atomic E-state index is -0.394. The lowest BCUT2D eigenvalue weighted by Crippen LogP contribution is -2.27. The fourth-order valence-electron chi connectivity index (χ4n) is 3.65. The van der Waals surface area contributed by atoms with Crippen molar-refractivity contribution in [3.05, 3.63) is 80.1 Å². The van der Waals surface area contributed by atoms with Crippen molar-refractivity contribution in [3.63, 3.8) is 0 Å². The molecule has 2 aromatic carbocycles. The van der Waals surface area contributed by atoms with Gasteiger partial charge < -0.3 is 10.1 Å². The summed E-state index contributed by atoms with van der Waals surface area (Å²) in [7, 11) is 0. The molecule has 1 amide bonds. The topological polar surface area (TPSA) is 90.3 Å². The molecule has 7 nitrogen and oxygen atoms in total. The number of rotatable bonds is 8. The summed E-state index contributed by atoms with van der Waals surface area (Å²) < 4.78 is 7.46. The third-order valence-corrected chi connectivity index (χ3v) is 6.98. The fourth-order valence-corrected chi connectivity index (χ4v) is 4.92. The Morgan fingerprint density at radius 1 is 1.11 bits per heavy atom. The molecule has 4 aromatic rings.